The minimum Gasteiger partial charge on any atom is -0.442 e. The molecule has 0 aromatic carbocycles. The maximum atomic E-state index is 12.9. The Morgan fingerprint density at radius 2 is 1.75 bits per heavy atom. The summed E-state index contributed by atoms with van der Waals surface area (Å²) < 4.78 is 34.9. The molecule has 0 fully saturated rings. The van der Waals surface area contributed by atoms with Crippen molar-refractivity contribution in [1.29, 1.82) is 0 Å². The number of aromatic nitrogens is 1. The Balaban J connectivity index is 3.50. The van der Waals surface area contributed by atoms with Crippen molar-refractivity contribution < 1.29 is 17.9 Å². The number of pyridine rings is 1. The van der Waals surface area contributed by atoms with Crippen LogP contribution in [0.1, 0.15) is 81.1 Å². The third-order valence-electron chi connectivity index (χ3n) is 5.36. The molecule has 200 valence electrons. The van der Waals surface area contributed by atoms with Crippen LogP contribution in [-0.4, -0.2) is 24.8 Å². The van der Waals surface area contributed by atoms with Crippen molar-refractivity contribution in [2.75, 3.05) is 0 Å². The van der Waals surface area contributed by atoms with Crippen LogP contribution in [-0.2, 0) is 26.6 Å². The van der Waals surface area contributed by atoms with Crippen LogP contribution in [0.5, 0.6) is 0 Å². The maximum Gasteiger partial charge on any atom is 0.270 e. The molecule has 0 aliphatic rings. The van der Waals surface area contributed by atoms with Gasteiger partial charge in [-0.05, 0) is 56.4 Å². The Labute approximate surface area is 215 Å². The molecule has 1 aromatic heterocycles. The lowest BCUT2D eigenvalue weighted by atomic mass is 9.91. The van der Waals surface area contributed by atoms with Gasteiger partial charge in [0.25, 0.3) is 15.6 Å². The van der Waals surface area contributed by atoms with Crippen LogP contribution in [0.3, 0.4) is 0 Å². The van der Waals surface area contributed by atoms with Crippen molar-refractivity contribution in [2.45, 2.75) is 86.0 Å². The van der Waals surface area contributed by atoms with Crippen LogP contribution < -0.4 is 10.3 Å². The van der Waals surface area contributed by atoms with Crippen molar-refractivity contribution in [2.24, 2.45) is 17.5 Å². The van der Waals surface area contributed by atoms with Crippen molar-refractivity contribution in [3.05, 3.63) is 63.4 Å². The van der Waals surface area contributed by atoms with E-state index in [9.17, 15) is 18.0 Å². The summed E-state index contributed by atoms with van der Waals surface area (Å²) in [6.07, 6.45) is 7.25. The van der Waals surface area contributed by atoms with Gasteiger partial charge in [0.2, 0.25) is 11.8 Å². The minimum atomic E-state index is -4.38. The zero-order valence-electron chi connectivity index (χ0n) is 23.1. The standard InChI is InChI=1S/C27H41N3O5S/c1-10-14-20(5)25(19(4)12-3)35-24(28-22(15-11-2)27(6,7)8)18-23(31)29-36(33,34)21-16-13-17-30(9)26(21)32/h13-17H,10-12,18H2,1-9H3,(H,29,31)/b20-14-,22-15-,25-19+,28-24?. The minimum absolute atomic E-state index is 0.0740. The molecule has 0 atom stereocenters. The molecule has 1 rings (SSSR count). The van der Waals surface area contributed by atoms with Gasteiger partial charge in [-0.2, -0.15) is 0 Å². The highest BCUT2D eigenvalue weighted by atomic mass is 32.2. The number of nitrogens with zero attached hydrogens (tertiary/aromatic N) is 2. The smallest absolute Gasteiger partial charge is 0.270 e. The van der Waals surface area contributed by atoms with E-state index in [1.807, 2.05) is 72.3 Å². The highest BCUT2D eigenvalue weighted by Gasteiger charge is 2.25. The van der Waals surface area contributed by atoms with Gasteiger partial charge in [-0.25, -0.2) is 18.1 Å². The quantitative estimate of drug-likeness (QED) is 0.193. The molecule has 0 aliphatic heterocycles. The van der Waals surface area contributed by atoms with Crippen LogP contribution in [0.4, 0.5) is 0 Å². The molecule has 0 bridgehead atoms. The summed E-state index contributed by atoms with van der Waals surface area (Å²) in [5.74, 6) is -0.171. The van der Waals surface area contributed by atoms with E-state index in [0.29, 0.717) is 5.76 Å². The molecule has 9 heteroatoms. The first-order chi connectivity index (χ1) is 16.7. The van der Waals surface area contributed by atoms with Gasteiger partial charge in [-0.3, -0.25) is 9.59 Å². The number of sulfonamides is 1. The maximum absolute atomic E-state index is 12.9. The molecule has 0 unspecified atom stereocenters. The second-order valence-electron chi connectivity index (χ2n) is 9.61. The fraction of sp³-hybridized carbons (Fsp3) is 0.519. The van der Waals surface area contributed by atoms with Gasteiger partial charge >= 0.3 is 0 Å². The molecule has 8 nitrogen and oxygen atoms in total. The van der Waals surface area contributed by atoms with Crippen LogP contribution >= 0.6 is 0 Å². The summed E-state index contributed by atoms with van der Waals surface area (Å²) in [6.45, 7) is 15.9. The Morgan fingerprint density at radius 1 is 1.14 bits per heavy atom. The molecule has 1 N–H and O–H groups in total. The lowest BCUT2D eigenvalue weighted by Gasteiger charge is -2.22. The average Bonchev–Trinajstić information content (AvgIpc) is 2.77. The SMILES string of the molecule is CC/C=C(C)\C(OC(CC(=O)NS(=O)(=O)c1cccn(C)c1=O)=N/C(=C\CC)C(C)(C)C)=C(\C)CC. The monoisotopic (exact) mass is 519 g/mol. The second kappa shape index (κ2) is 13.4. The third kappa shape index (κ3) is 8.93. The molecular formula is C27H41N3O5S. The molecule has 0 saturated carbocycles. The zero-order chi connectivity index (χ0) is 27.7. The van der Waals surface area contributed by atoms with E-state index < -0.39 is 32.8 Å². The van der Waals surface area contributed by atoms with Gasteiger partial charge in [0.15, 0.2) is 4.90 Å². The summed E-state index contributed by atoms with van der Waals surface area (Å²) in [6, 6.07) is 2.59. The molecule has 0 aliphatic carbocycles. The molecule has 1 heterocycles. The van der Waals surface area contributed by atoms with Crippen LogP contribution in [0, 0.1) is 5.41 Å². The number of hydrogen-bond donors (Lipinski definition) is 1. The van der Waals surface area contributed by atoms with Gasteiger partial charge in [-0.1, -0.05) is 53.7 Å². The topological polar surface area (TPSA) is 107 Å². The number of hydrogen-bond acceptors (Lipinski definition) is 6. The van der Waals surface area contributed by atoms with E-state index >= 15 is 0 Å². The number of carbonyl (C=O) groups excluding carboxylic acids is 1. The fourth-order valence-electron chi connectivity index (χ4n) is 3.28. The first-order valence-corrected chi connectivity index (χ1v) is 13.7. The number of amides is 1. The van der Waals surface area contributed by atoms with Gasteiger partial charge in [-0.15, -0.1) is 0 Å². The largest absolute Gasteiger partial charge is 0.442 e. The number of aliphatic imine (C=N–C) groups is 1. The molecule has 0 saturated heterocycles. The van der Waals surface area contributed by atoms with E-state index in [1.54, 1.807) is 0 Å². The number of ether oxygens (including phenoxy) is 1. The number of aryl methyl sites for hydroxylation is 1. The summed E-state index contributed by atoms with van der Waals surface area (Å²) >= 11 is 0. The zero-order valence-corrected chi connectivity index (χ0v) is 23.9. The van der Waals surface area contributed by atoms with Crippen molar-refractivity contribution in [3.8, 4) is 0 Å². The predicted molar refractivity (Wildman–Crippen MR) is 145 cm³/mol. The Bertz CT molecular complexity index is 1230. The summed E-state index contributed by atoms with van der Waals surface area (Å²) in [5.41, 5.74) is 1.54. The van der Waals surface area contributed by atoms with Crippen LogP contribution in [0.15, 0.2) is 67.8 Å². The van der Waals surface area contributed by atoms with Gasteiger partial charge in [0.05, 0.1) is 0 Å². The first-order valence-electron chi connectivity index (χ1n) is 12.2. The van der Waals surface area contributed by atoms with Crippen molar-refractivity contribution in [1.82, 2.24) is 9.29 Å². The van der Waals surface area contributed by atoms with Crippen molar-refractivity contribution in [3.63, 3.8) is 0 Å². The van der Waals surface area contributed by atoms with E-state index in [4.69, 9.17) is 4.74 Å². The summed E-state index contributed by atoms with van der Waals surface area (Å²) in [4.78, 5) is 29.4. The normalized spacial score (nSPS) is 14.4. The second-order valence-corrected chi connectivity index (χ2v) is 11.3. The van der Waals surface area contributed by atoms with Gasteiger partial charge in [0, 0.05) is 24.4 Å². The van der Waals surface area contributed by atoms with Gasteiger partial charge in [0.1, 0.15) is 12.2 Å². The molecule has 0 spiro atoms. The molecule has 36 heavy (non-hydrogen) atoms. The first kappa shape index (κ1) is 31.1. The van der Waals surface area contributed by atoms with E-state index in [0.717, 1.165) is 46.7 Å². The molecule has 1 amide bonds. The number of rotatable bonds is 10. The molecule has 0 radical (unpaired) electrons. The Morgan fingerprint density at radius 3 is 2.28 bits per heavy atom. The summed E-state index contributed by atoms with van der Waals surface area (Å²) in [7, 11) is -2.94. The van der Waals surface area contributed by atoms with Crippen LogP contribution in [0.2, 0.25) is 0 Å². The Hall–Kier alpha value is -2.94. The predicted octanol–water partition coefficient (Wildman–Crippen LogP) is 5.38. The van der Waals surface area contributed by atoms with E-state index in [2.05, 4.69) is 4.99 Å². The number of allylic oxidation sites excluding steroid dienone is 5. The van der Waals surface area contributed by atoms with E-state index in [1.165, 1.54) is 19.3 Å². The lowest BCUT2D eigenvalue weighted by molar-refractivity contribution is -0.118. The molecular weight excluding hydrogens is 478 g/mol. The van der Waals surface area contributed by atoms with Gasteiger partial charge < -0.3 is 9.30 Å². The highest BCUT2D eigenvalue weighted by Crippen LogP contribution is 2.28. The third-order valence-corrected chi connectivity index (χ3v) is 6.74. The number of nitrogens with one attached hydrogen (secondary N) is 1. The Kier molecular flexibility index (Phi) is 11.6. The van der Waals surface area contributed by atoms with Crippen molar-refractivity contribution >= 4 is 21.8 Å². The number of carbonyl (C=O) groups is 1. The average molecular weight is 520 g/mol. The van der Waals surface area contributed by atoms with E-state index in [-0.39, 0.29) is 11.3 Å². The molecule has 1 aromatic rings. The lowest BCUT2D eigenvalue weighted by Crippen LogP contribution is -2.36. The van der Waals surface area contributed by atoms with Crippen LogP contribution in [0.25, 0.3) is 0 Å². The highest BCUT2D eigenvalue weighted by molar-refractivity contribution is 7.90. The fourth-order valence-corrected chi connectivity index (χ4v) is 4.40. The summed E-state index contributed by atoms with van der Waals surface area (Å²) in [5, 5.41) is 0.